The fourth-order valence-corrected chi connectivity index (χ4v) is 3.83. The van der Waals surface area contributed by atoms with Gasteiger partial charge in [-0.3, -0.25) is 9.79 Å². The summed E-state index contributed by atoms with van der Waals surface area (Å²) in [6.07, 6.45) is 0.492. The second-order valence-electron chi connectivity index (χ2n) is 6.33. The molecule has 0 bridgehead atoms. The van der Waals surface area contributed by atoms with Gasteiger partial charge in [0.05, 0.1) is 0 Å². The predicted octanol–water partition coefficient (Wildman–Crippen LogP) is 3.14. The van der Waals surface area contributed by atoms with Crippen LogP contribution in [0.1, 0.15) is 36.3 Å². The number of hydrogen-bond donors (Lipinski definition) is 3. The number of hydrogen-bond acceptors (Lipinski definition) is 3. The molecule has 3 rings (SSSR count). The summed E-state index contributed by atoms with van der Waals surface area (Å²) in [5, 5.41) is 14.0. The van der Waals surface area contributed by atoms with Crippen LogP contribution in [0.25, 0.3) is 0 Å². The summed E-state index contributed by atoms with van der Waals surface area (Å²) in [6, 6.07) is 10.1. The van der Waals surface area contributed by atoms with Crippen LogP contribution in [0.4, 0.5) is 5.69 Å². The number of carbonyl (C=O) groups is 1. The minimum absolute atomic E-state index is 0.0690. The molecule has 1 aromatic heterocycles. The average molecular weight is 356 g/mol. The highest BCUT2D eigenvalue weighted by molar-refractivity contribution is 7.07. The van der Waals surface area contributed by atoms with E-state index in [9.17, 15) is 4.79 Å². The summed E-state index contributed by atoms with van der Waals surface area (Å²) in [5.41, 5.74) is 3.43. The summed E-state index contributed by atoms with van der Waals surface area (Å²) >= 11 is 1.72. The minimum atomic E-state index is 0.0690. The Morgan fingerprint density at radius 1 is 1.36 bits per heavy atom. The number of thiophene rings is 1. The van der Waals surface area contributed by atoms with Crippen LogP contribution in [0.15, 0.2) is 46.1 Å². The zero-order chi connectivity index (χ0) is 17.6. The van der Waals surface area contributed by atoms with Crippen LogP contribution in [0.2, 0.25) is 0 Å². The van der Waals surface area contributed by atoms with Crippen LogP contribution in [0.5, 0.6) is 0 Å². The van der Waals surface area contributed by atoms with Gasteiger partial charge < -0.3 is 16.0 Å². The lowest BCUT2D eigenvalue weighted by Gasteiger charge is -2.26. The molecule has 5 nitrogen and oxygen atoms in total. The first-order chi connectivity index (χ1) is 12.2. The Hall–Kier alpha value is -2.34. The number of fused-ring (bicyclic) bond motifs is 1. The zero-order valence-corrected chi connectivity index (χ0v) is 15.4. The number of rotatable bonds is 5. The molecule has 0 fully saturated rings. The molecule has 0 radical (unpaired) electrons. The SMILES string of the molecule is CN=C(NCC(C)c1ccsc1)NCC1CC(=O)Nc2ccccc21. The molecule has 2 heterocycles. The standard InChI is InChI=1S/C19H24N4OS/c1-13(14-7-8-25-12-14)10-21-19(20-2)22-11-15-9-18(24)23-17-6-4-3-5-16(15)17/h3-8,12-13,15H,9-11H2,1-2H3,(H,23,24)(H2,20,21,22). The van der Waals surface area contributed by atoms with Crippen molar-refractivity contribution >= 4 is 28.9 Å². The quantitative estimate of drug-likeness (QED) is 0.570. The number of anilines is 1. The van der Waals surface area contributed by atoms with E-state index < -0.39 is 0 Å². The number of aliphatic imine (C=N–C) groups is 1. The minimum Gasteiger partial charge on any atom is -0.356 e. The molecule has 0 saturated heterocycles. The number of guanidine groups is 1. The summed E-state index contributed by atoms with van der Waals surface area (Å²) in [5.74, 6) is 1.41. The fourth-order valence-electron chi connectivity index (χ4n) is 3.05. The molecule has 132 valence electrons. The van der Waals surface area contributed by atoms with Gasteiger partial charge in [0.25, 0.3) is 0 Å². The van der Waals surface area contributed by atoms with Gasteiger partial charge in [0.2, 0.25) is 5.91 Å². The Bertz CT molecular complexity index is 742. The van der Waals surface area contributed by atoms with Gasteiger partial charge in [-0.25, -0.2) is 0 Å². The average Bonchev–Trinajstić information content (AvgIpc) is 3.16. The van der Waals surface area contributed by atoms with Crippen molar-refractivity contribution in [3.63, 3.8) is 0 Å². The van der Waals surface area contributed by atoms with E-state index in [-0.39, 0.29) is 11.8 Å². The Labute approximate surface area is 152 Å². The molecule has 2 aromatic rings. The number of amides is 1. The summed E-state index contributed by atoms with van der Waals surface area (Å²) in [6.45, 7) is 3.69. The molecule has 3 N–H and O–H groups in total. The lowest BCUT2D eigenvalue weighted by molar-refractivity contribution is -0.116. The molecule has 2 atom stereocenters. The molecular weight excluding hydrogens is 332 g/mol. The number of nitrogens with zero attached hydrogens (tertiary/aromatic N) is 1. The van der Waals surface area contributed by atoms with Gasteiger partial charge in [-0.15, -0.1) is 0 Å². The van der Waals surface area contributed by atoms with Crippen molar-refractivity contribution < 1.29 is 4.79 Å². The van der Waals surface area contributed by atoms with E-state index in [2.05, 4.69) is 50.8 Å². The van der Waals surface area contributed by atoms with E-state index in [1.54, 1.807) is 18.4 Å². The summed E-state index contributed by atoms with van der Waals surface area (Å²) in [4.78, 5) is 16.2. The third kappa shape index (κ3) is 4.39. The van der Waals surface area contributed by atoms with E-state index in [0.717, 1.165) is 18.2 Å². The maximum absolute atomic E-state index is 11.9. The van der Waals surface area contributed by atoms with E-state index in [4.69, 9.17) is 0 Å². The first-order valence-corrected chi connectivity index (χ1v) is 9.47. The van der Waals surface area contributed by atoms with Crippen LogP contribution in [-0.4, -0.2) is 32.0 Å². The van der Waals surface area contributed by atoms with Gasteiger partial charge in [0, 0.05) is 38.2 Å². The smallest absolute Gasteiger partial charge is 0.225 e. The van der Waals surface area contributed by atoms with Crippen molar-refractivity contribution in [1.29, 1.82) is 0 Å². The Kier molecular flexibility index (Phi) is 5.71. The highest BCUT2D eigenvalue weighted by atomic mass is 32.1. The highest BCUT2D eigenvalue weighted by Crippen LogP contribution is 2.31. The molecular formula is C19H24N4OS. The van der Waals surface area contributed by atoms with Gasteiger partial charge in [0.1, 0.15) is 0 Å². The Morgan fingerprint density at radius 2 is 2.20 bits per heavy atom. The lowest BCUT2D eigenvalue weighted by Crippen LogP contribution is -2.41. The number of benzene rings is 1. The van der Waals surface area contributed by atoms with Crippen molar-refractivity contribution in [2.24, 2.45) is 4.99 Å². The molecule has 0 spiro atoms. The first-order valence-electron chi connectivity index (χ1n) is 8.52. The lowest BCUT2D eigenvalue weighted by atomic mass is 9.90. The van der Waals surface area contributed by atoms with Crippen LogP contribution in [0.3, 0.4) is 0 Å². The zero-order valence-electron chi connectivity index (χ0n) is 14.6. The first kappa shape index (κ1) is 17.5. The molecule has 1 aliphatic heterocycles. The molecule has 1 aromatic carbocycles. The highest BCUT2D eigenvalue weighted by Gasteiger charge is 2.24. The fraction of sp³-hybridized carbons (Fsp3) is 0.368. The van der Waals surface area contributed by atoms with Gasteiger partial charge in [-0.2, -0.15) is 11.3 Å². The van der Waals surface area contributed by atoms with E-state index in [0.29, 0.717) is 18.9 Å². The third-order valence-electron chi connectivity index (χ3n) is 4.53. The summed E-state index contributed by atoms with van der Waals surface area (Å²) < 4.78 is 0. The third-order valence-corrected chi connectivity index (χ3v) is 5.24. The molecule has 0 saturated carbocycles. The van der Waals surface area contributed by atoms with Gasteiger partial charge >= 0.3 is 0 Å². The second-order valence-corrected chi connectivity index (χ2v) is 7.11. The van der Waals surface area contributed by atoms with Crippen molar-refractivity contribution in [2.45, 2.75) is 25.2 Å². The Morgan fingerprint density at radius 3 is 2.96 bits per heavy atom. The van der Waals surface area contributed by atoms with Crippen LogP contribution in [0, 0.1) is 0 Å². The normalized spacial score (nSPS) is 18.2. The van der Waals surface area contributed by atoms with Crippen molar-refractivity contribution in [2.75, 3.05) is 25.5 Å². The largest absolute Gasteiger partial charge is 0.356 e. The van der Waals surface area contributed by atoms with E-state index in [1.165, 1.54) is 11.1 Å². The Balaban J connectivity index is 1.56. The van der Waals surface area contributed by atoms with Crippen LogP contribution < -0.4 is 16.0 Å². The summed E-state index contributed by atoms with van der Waals surface area (Å²) in [7, 11) is 1.77. The van der Waals surface area contributed by atoms with E-state index in [1.807, 2.05) is 18.2 Å². The van der Waals surface area contributed by atoms with Gasteiger partial charge in [0.15, 0.2) is 5.96 Å². The maximum atomic E-state index is 11.9. The number of nitrogens with one attached hydrogen (secondary N) is 3. The van der Waals surface area contributed by atoms with Gasteiger partial charge in [-0.05, 0) is 39.9 Å². The molecule has 0 aliphatic carbocycles. The predicted molar refractivity (Wildman–Crippen MR) is 105 cm³/mol. The van der Waals surface area contributed by atoms with Gasteiger partial charge in [-0.1, -0.05) is 25.1 Å². The number of carbonyl (C=O) groups excluding carboxylic acids is 1. The van der Waals surface area contributed by atoms with E-state index >= 15 is 0 Å². The van der Waals surface area contributed by atoms with Crippen molar-refractivity contribution in [1.82, 2.24) is 10.6 Å². The number of para-hydroxylation sites is 1. The van der Waals surface area contributed by atoms with Crippen LogP contribution >= 0.6 is 11.3 Å². The molecule has 1 amide bonds. The molecule has 25 heavy (non-hydrogen) atoms. The molecule has 1 aliphatic rings. The van der Waals surface area contributed by atoms with Crippen molar-refractivity contribution in [3.8, 4) is 0 Å². The van der Waals surface area contributed by atoms with Crippen LogP contribution in [-0.2, 0) is 4.79 Å². The topological polar surface area (TPSA) is 65.5 Å². The second kappa shape index (κ2) is 8.16. The molecule has 2 unspecified atom stereocenters. The van der Waals surface area contributed by atoms with Crippen molar-refractivity contribution in [3.05, 3.63) is 52.2 Å². The molecule has 6 heteroatoms. The maximum Gasteiger partial charge on any atom is 0.225 e. The monoisotopic (exact) mass is 356 g/mol.